The standard InChI is InChI=1S/C21H24N8O3/c1-4-23-19-26-20(24-5-2)28-21(27-19)29-25-12-14-8-9-16(17(11-14)31-3)32-18(30)15-7-6-10-22-13-15/h6-13H,4-5H2,1-3H3,(H3,23,24,26,27,28,29)/b25-12+. The number of ether oxygens (including phenoxy) is 2. The molecule has 11 nitrogen and oxygen atoms in total. The summed E-state index contributed by atoms with van der Waals surface area (Å²) in [6.45, 7) is 5.26. The Morgan fingerprint density at radius 1 is 1.03 bits per heavy atom. The van der Waals surface area contributed by atoms with Gasteiger partial charge in [0.15, 0.2) is 11.5 Å². The summed E-state index contributed by atoms with van der Waals surface area (Å²) in [5.41, 5.74) is 3.85. The maximum atomic E-state index is 12.3. The molecule has 3 aromatic rings. The van der Waals surface area contributed by atoms with E-state index in [2.05, 4.69) is 41.1 Å². The third-order valence-corrected chi connectivity index (χ3v) is 3.97. The van der Waals surface area contributed by atoms with Crippen LogP contribution in [0.4, 0.5) is 17.8 Å². The molecule has 0 aliphatic carbocycles. The normalized spacial score (nSPS) is 10.6. The maximum absolute atomic E-state index is 12.3. The van der Waals surface area contributed by atoms with Gasteiger partial charge in [0.25, 0.3) is 0 Å². The van der Waals surface area contributed by atoms with Gasteiger partial charge in [-0.2, -0.15) is 20.1 Å². The minimum absolute atomic E-state index is 0.287. The van der Waals surface area contributed by atoms with E-state index in [1.165, 1.54) is 13.3 Å². The molecule has 0 amide bonds. The molecule has 2 heterocycles. The van der Waals surface area contributed by atoms with Crippen molar-refractivity contribution < 1.29 is 14.3 Å². The highest BCUT2D eigenvalue weighted by atomic mass is 16.6. The van der Waals surface area contributed by atoms with Gasteiger partial charge in [-0.25, -0.2) is 10.2 Å². The van der Waals surface area contributed by atoms with E-state index >= 15 is 0 Å². The Kier molecular flexibility index (Phi) is 7.84. The Hall–Kier alpha value is -4.28. The van der Waals surface area contributed by atoms with Gasteiger partial charge in [-0.3, -0.25) is 4.98 Å². The van der Waals surface area contributed by atoms with Gasteiger partial charge < -0.3 is 20.1 Å². The number of nitrogens with one attached hydrogen (secondary N) is 3. The molecular formula is C21H24N8O3. The van der Waals surface area contributed by atoms with Crippen molar-refractivity contribution in [3.05, 3.63) is 53.9 Å². The van der Waals surface area contributed by atoms with E-state index in [9.17, 15) is 4.79 Å². The number of hydrazone groups is 1. The van der Waals surface area contributed by atoms with Crippen molar-refractivity contribution in [2.45, 2.75) is 13.8 Å². The quantitative estimate of drug-likeness (QED) is 0.188. The first kappa shape index (κ1) is 22.4. The minimum atomic E-state index is -0.526. The average Bonchev–Trinajstić information content (AvgIpc) is 2.81. The fourth-order valence-electron chi connectivity index (χ4n) is 2.56. The molecule has 1 aromatic carbocycles. The molecule has 32 heavy (non-hydrogen) atoms. The molecule has 11 heteroatoms. The number of rotatable bonds is 10. The monoisotopic (exact) mass is 436 g/mol. The molecule has 0 unspecified atom stereocenters. The average molecular weight is 436 g/mol. The van der Waals surface area contributed by atoms with Crippen molar-refractivity contribution in [1.29, 1.82) is 0 Å². The van der Waals surface area contributed by atoms with E-state index in [-0.39, 0.29) is 11.7 Å². The summed E-state index contributed by atoms with van der Waals surface area (Å²) < 4.78 is 10.8. The van der Waals surface area contributed by atoms with E-state index in [0.29, 0.717) is 41.9 Å². The first-order valence-corrected chi connectivity index (χ1v) is 9.96. The van der Waals surface area contributed by atoms with Crippen molar-refractivity contribution in [3.63, 3.8) is 0 Å². The van der Waals surface area contributed by atoms with Crippen LogP contribution in [0.15, 0.2) is 47.8 Å². The van der Waals surface area contributed by atoms with E-state index in [0.717, 1.165) is 0 Å². The highest BCUT2D eigenvalue weighted by Crippen LogP contribution is 2.28. The lowest BCUT2D eigenvalue weighted by Gasteiger charge is -2.10. The highest BCUT2D eigenvalue weighted by Gasteiger charge is 2.13. The lowest BCUT2D eigenvalue weighted by atomic mass is 10.2. The molecule has 3 N–H and O–H groups in total. The largest absolute Gasteiger partial charge is 0.493 e. The van der Waals surface area contributed by atoms with Crippen molar-refractivity contribution in [2.24, 2.45) is 5.10 Å². The zero-order chi connectivity index (χ0) is 22.8. The van der Waals surface area contributed by atoms with Gasteiger partial charge in [0.2, 0.25) is 17.8 Å². The summed E-state index contributed by atoms with van der Waals surface area (Å²) in [4.78, 5) is 29.0. The van der Waals surface area contributed by atoms with Gasteiger partial charge in [0, 0.05) is 25.5 Å². The van der Waals surface area contributed by atoms with Crippen LogP contribution in [0.2, 0.25) is 0 Å². The van der Waals surface area contributed by atoms with Crippen molar-refractivity contribution in [2.75, 3.05) is 36.3 Å². The third kappa shape index (κ3) is 6.11. The predicted octanol–water partition coefficient (Wildman–Crippen LogP) is 2.80. The molecule has 3 rings (SSSR count). The number of pyridine rings is 1. The Morgan fingerprint density at radius 3 is 2.38 bits per heavy atom. The molecular weight excluding hydrogens is 412 g/mol. The molecule has 0 bridgehead atoms. The van der Waals surface area contributed by atoms with Gasteiger partial charge in [-0.05, 0) is 49.7 Å². The molecule has 166 valence electrons. The number of carbonyl (C=O) groups is 1. The van der Waals surface area contributed by atoms with Crippen molar-refractivity contribution in [1.82, 2.24) is 19.9 Å². The Morgan fingerprint density at radius 2 is 1.75 bits per heavy atom. The van der Waals surface area contributed by atoms with Gasteiger partial charge in [-0.1, -0.05) is 0 Å². The minimum Gasteiger partial charge on any atom is -0.493 e. The lowest BCUT2D eigenvalue weighted by Crippen LogP contribution is -2.10. The lowest BCUT2D eigenvalue weighted by molar-refractivity contribution is 0.0729. The number of esters is 1. The molecule has 2 aromatic heterocycles. The molecule has 0 spiro atoms. The number of anilines is 3. The fourth-order valence-corrected chi connectivity index (χ4v) is 2.56. The van der Waals surface area contributed by atoms with Crippen molar-refractivity contribution >= 4 is 30.0 Å². The van der Waals surface area contributed by atoms with Crippen LogP contribution in [0.25, 0.3) is 0 Å². The Labute approximate surface area is 185 Å². The number of methoxy groups -OCH3 is 1. The second kappa shape index (κ2) is 11.2. The predicted molar refractivity (Wildman–Crippen MR) is 122 cm³/mol. The van der Waals surface area contributed by atoms with E-state index < -0.39 is 5.97 Å². The van der Waals surface area contributed by atoms with Crippen molar-refractivity contribution in [3.8, 4) is 11.5 Å². The molecule has 0 radical (unpaired) electrons. The molecule has 0 aliphatic rings. The fraction of sp³-hybridized carbons (Fsp3) is 0.238. The van der Waals surface area contributed by atoms with Gasteiger partial charge >= 0.3 is 5.97 Å². The summed E-state index contributed by atoms with van der Waals surface area (Å²) in [7, 11) is 1.49. The third-order valence-electron chi connectivity index (χ3n) is 3.97. The number of benzene rings is 1. The van der Waals surface area contributed by atoms with E-state index in [4.69, 9.17) is 9.47 Å². The van der Waals surface area contributed by atoms with E-state index in [1.807, 2.05) is 13.8 Å². The smallest absolute Gasteiger partial charge is 0.345 e. The maximum Gasteiger partial charge on any atom is 0.345 e. The summed E-state index contributed by atoms with van der Waals surface area (Å²) >= 11 is 0. The second-order valence-corrected chi connectivity index (χ2v) is 6.28. The van der Waals surface area contributed by atoms with Crippen LogP contribution < -0.4 is 25.5 Å². The summed E-state index contributed by atoms with van der Waals surface area (Å²) in [6.07, 6.45) is 4.59. The van der Waals surface area contributed by atoms with Crippen LogP contribution >= 0.6 is 0 Å². The number of hydrogen-bond acceptors (Lipinski definition) is 11. The number of hydrogen-bond donors (Lipinski definition) is 3. The highest BCUT2D eigenvalue weighted by molar-refractivity contribution is 5.91. The molecule has 0 aliphatic heterocycles. The zero-order valence-corrected chi connectivity index (χ0v) is 18.0. The van der Waals surface area contributed by atoms with Crippen LogP contribution in [-0.4, -0.2) is 52.3 Å². The Balaban J connectivity index is 1.70. The summed E-state index contributed by atoms with van der Waals surface area (Å²) in [5, 5.41) is 10.3. The summed E-state index contributed by atoms with van der Waals surface area (Å²) in [6, 6.07) is 8.34. The number of carbonyl (C=O) groups excluding carboxylic acids is 1. The molecule has 0 saturated heterocycles. The van der Waals surface area contributed by atoms with Crippen LogP contribution in [0.1, 0.15) is 29.8 Å². The van der Waals surface area contributed by atoms with Gasteiger partial charge in [0.05, 0.1) is 18.9 Å². The van der Waals surface area contributed by atoms with Gasteiger partial charge in [0.1, 0.15) is 0 Å². The topological polar surface area (TPSA) is 136 Å². The second-order valence-electron chi connectivity index (χ2n) is 6.28. The van der Waals surface area contributed by atoms with Crippen LogP contribution in [0.5, 0.6) is 11.5 Å². The van der Waals surface area contributed by atoms with E-state index in [1.54, 1.807) is 42.7 Å². The molecule has 0 atom stereocenters. The first-order valence-electron chi connectivity index (χ1n) is 9.96. The van der Waals surface area contributed by atoms with Crippen LogP contribution in [0, 0.1) is 0 Å². The number of aromatic nitrogens is 4. The summed E-state index contributed by atoms with van der Waals surface area (Å²) in [5.74, 6) is 1.32. The first-order chi connectivity index (χ1) is 15.6. The zero-order valence-electron chi connectivity index (χ0n) is 18.0. The number of nitrogens with zero attached hydrogens (tertiary/aromatic N) is 5. The SMILES string of the molecule is CCNc1nc(NCC)nc(N/N=C/c2ccc(OC(=O)c3cccnc3)c(OC)c2)n1. The van der Waals surface area contributed by atoms with Gasteiger partial charge in [-0.15, -0.1) is 0 Å². The van der Waals surface area contributed by atoms with Crippen LogP contribution in [-0.2, 0) is 0 Å². The van der Waals surface area contributed by atoms with Crippen LogP contribution in [0.3, 0.4) is 0 Å². The molecule has 0 saturated carbocycles. The Bertz CT molecular complexity index is 1050. The molecule has 0 fully saturated rings.